The molecule has 1 saturated heterocycles. The molecule has 3 atom stereocenters. The Bertz CT molecular complexity index is 559. The van der Waals surface area contributed by atoms with Gasteiger partial charge >= 0.3 is 6.09 Å². The van der Waals surface area contributed by atoms with Gasteiger partial charge in [-0.1, -0.05) is 32.6 Å². The normalized spacial score (nSPS) is 26.8. The summed E-state index contributed by atoms with van der Waals surface area (Å²) >= 11 is 0. The molecule has 0 bridgehead atoms. The predicted octanol–water partition coefficient (Wildman–Crippen LogP) is 1.93. The van der Waals surface area contributed by atoms with Crippen LogP contribution >= 0.6 is 0 Å². The van der Waals surface area contributed by atoms with Gasteiger partial charge in [0.2, 0.25) is 6.35 Å². The molecule has 0 aromatic rings. The summed E-state index contributed by atoms with van der Waals surface area (Å²) in [5, 5.41) is 21.4. The van der Waals surface area contributed by atoms with Crippen LogP contribution in [0.3, 0.4) is 0 Å². The highest BCUT2D eigenvalue weighted by molar-refractivity contribution is 6.02. The van der Waals surface area contributed by atoms with Gasteiger partial charge < -0.3 is 24.6 Å². The smallest absolute Gasteiger partial charge is 0.412 e. The minimum absolute atomic E-state index is 0.00486. The molecule has 8 nitrogen and oxygen atoms in total. The van der Waals surface area contributed by atoms with Crippen LogP contribution in [-0.4, -0.2) is 64.9 Å². The van der Waals surface area contributed by atoms with E-state index < -0.39 is 43.7 Å². The van der Waals surface area contributed by atoms with Crippen molar-refractivity contribution in [3.8, 4) is 0 Å². The lowest BCUT2D eigenvalue weighted by Gasteiger charge is -2.34. The van der Waals surface area contributed by atoms with Gasteiger partial charge in [-0.2, -0.15) is 0 Å². The molecule has 154 valence electrons. The fourth-order valence-electron chi connectivity index (χ4n) is 2.88. The first-order valence-electron chi connectivity index (χ1n) is 9.16. The number of aliphatic hydroxyl groups is 2. The van der Waals surface area contributed by atoms with E-state index in [4.69, 9.17) is 14.6 Å². The first kappa shape index (κ1) is 21.5. The summed E-state index contributed by atoms with van der Waals surface area (Å²) in [7, 11) is 0. The summed E-state index contributed by atoms with van der Waals surface area (Å²) in [6, 6.07) is 0. The van der Waals surface area contributed by atoms with Gasteiger partial charge in [-0.15, -0.1) is 0 Å². The van der Waals surface area contributed by atoms with E-state index in [0.717, 1.165) is 43.2 Å². The zero-order valence-corrected chi connectivity index (χ0v) is 15.3. The number of nitrogens with one attached hydrogen (secondary N) is 1. The predicted molar refractivity (Wildman–Crippen MR) is 93.0 cm³/mol. The van der Waals surface area contributed by atoms with E-state index in [9.17, 15) is 18.7 Å². The maximum absolute atomic E-state index is 14.0. The Kier molecular flexibility index (Phi) is 7.93. The summed E-state index contributed by atoms with van der Waals surface area (Å²) in [5.41, 5.74) is 0. The van der Waals surface area contributed by atoms with Gasteiger partial charge in [0, 0.05) is 12.6 Å². The third-order valence-electron chi connectivity index (χ3n) is 4.29. The number of hydrogen-bond donors (Lipinski definition) is 3. The van der Waals surface area contributed by atoms with E-state index in [0.29, 0.717) is 0 Å². The fourth-order valence-corrected chi connectivity index (χ4v) is 2.88. The maximum atomic E-state index is 14.0. The van der Waals surface area contributed by atoms with E-state index in [1.807, 2.05) is 0 Å². The van der Waals surface area contributed by atoms with Gasteiger partial charge in [-0.05, 0) is 12.5 Å². The molecule has 0 aromatic carbocycles. The number of aliphatic hydroxyl groups excluding tert-OH is 2. The number of alkyl carbamates (subject to hydrolysis) is 1. The second-order valence-electron chi connectivity index (χ2n) is 6.56. The SMILES string of the molecule is CCCCCCCOC(=O)NC1=NC(O)N([C@@H]2O[C@H](CO)CC2(F)F)C=C1. The second kappa shape index (κ2) is 9.95. The van der Waals surface area contributed by atoms with Gasteiger partial charge in [0.05, 0.1) is 19.3 Å². The largest absolute Gasteiger partial charge is 0.449 e. The highest BCUT2D eigenvalue weighted by Crippen LogP contribution is 2.38. The summed E-state index contributed by atoms with van der Waals surface area (Å²) in [5.74, 6) is -3.26. The van der Waals surface area contributed by atoms with E-state index in [1.54, 1.807) is 0 Å². The van der Waals surface area contributed by atoms with E-state index in [-0.39, 0.29) is 12.4 Å². The van der Waals surface area contributed by atoms with Gasteiger partial charge in [-0.25, -0.2) is 18.6 Å². The number of amides is 1. The molecule has 0 aliphatic carbocycles. The number of alkyl halides is 2. The first-order chi connectivity index (χ1) is 12.9. The van der Waals surface area contributed by atoms with Crippen molar-refractivity contribution in [3.05, 3.63) is 12.3 Å². The molecule has 27 heavy (non-hydrogen) atoms. The molecule has 1 fully saturated rings. The minimum atomic E-state index is -3.25. The molecule has 1 amide bonds. The lowest BCUT2D eigenvalue weighted by atomic mass is 10.2. The van der Waals surface area contributed by atoms with Crippen LogP contribution in [0.15, 0.2) is 17.3 Å². The molecule has 2 aliphatic heterocycles. The molecule has 1 unspecified atom stereocenters. The number of halogens is 2. The molecule has 2 heterocycles. The van der Waals surface area contributed by atoms with Crippen LogP contribution in [0.4, 0.5) is 13.6 Å². The van der Waals surface area contributed by atoms with Crippen LogP contribution in [0, 0.1) is 0 Å². The summed E-state index contributed by atoms with van der Waals surface area (Å²) in [6.07, 6.45) is 1.72. The van der Waals surface area contributed by atoms with Crippen LogP contribution in [0.1, 0.15) is 45.4 Å². The number of aliphatic imine (C=N–C) groups is 1. The minimum Gasteiger partial charge on any atom is -0.449 e. The van der Waals surface area contributed by atoms with Crippen molar-refractivity contribution in [3.63, 3.8) is 0 Å². The quantitative estimate of drug-likeness (QED) is 0.546. The van der Waals surface area contributed by atoms with Gasteiger partial charge in [-0.3, -0.25) is 5.32 Å². The molecular weight excluding hydrogens is 364 g/mol. The van der Waals surface area contributed by atoms with Crippen molar-refractivity contribution >= 4 is 11.9 Å². The maximum Gasteiger partial charge on any atom is 0.412 e. The third-order valence-corrected chi connectivity index (χ3v) is 4.29. The van der Waals surface area contributed by atoms with Gasteiger partial charge in [0.15, 0.2) is 6.23 Å². The number of ether oxygens (including phenoxy) is 2. The van der Waals surface area contributed by atoms with Gasteiger partial charge in [0.25, 0.3) is 5.92 Å². The average Bonchev–Trinajstić information content (AvgIpc) is 2.92. The molecule has 0 spiro atoms. The van der Waals surface area contributed by atoms with Crippen molar-refractivity contribution in [2.75, 3.05) is 13.2 Å². The van der Waals surface area contributed by atoms with Gasteiger partial charge in [0.1, 0.15) is 5.84 Å². The van der Waals surface area contributed by atoms with Crippen molar-refractivity contribution < 1.29 is 33.3 Å². The fraction of sp³-hybridized carbons (Fsp3) is 0.765. The van der Waals surface area contributed by atoms with Crippen LogP contribution in [0.2, 0.25) is 0 Å². The Labute approximate surface area is 156 Å². The molecular formula is C17H27F2N3O5. The number of amidine groups is 1. The number of unbranched alkanes of at least 4 members (excludes halogenated alkanes) is 4. The summed E-state index contributed by atoms with van der Waals surface area (Å²) in [4.78, 5) is 16.3. The molecule has 0 radical (unpaired) electrons. The molecule has 2 rings (SSSR count). The number of carbonyl (C=O) groups excluding carboxylic acids is 1. The Hall–Kier alpha value is -1.78. The number of rotatable bonds is 8. The standard InChI is InChI=1S/C17H27F2N3O5/c1-2-3-4-5-6-9-26-16(25)21-13-7-8-22(15(24)20-13)14-17(18,19)10-12(11-23)27-14/h7-8,12,14-15,23-24H,2-6,9-11H2,1H3,(H,20,21,25)/t12-,14+,15?/m0/s1. The number of carbonyl (C=O) groups is 1. The summed E-state index contributed by atoms with van der Waals surface area (Å²) in [6.45, 7) is 1.84. The van der Waals surface area contributed by atoms with Crippen molar-refractivity contribution in [1.82, 2.24) is 10.2 Å². The zero-order valence-electron chi connectivity index (χ0n) is 15.3. The van der Waals surface area contributed by atoms with Crippen LogP contribution in [0.25, 0.3) is 0 Å². The molecule has 10 heteroatoms. The van der Waals surface area contributed by atoms with Crippen molar-refractivity contribution in [1.29, 1.82) is 0 Å². The second-order valence-corrected chi connectivity index (χ2v) is 6.56. The van der Waals surface area contributed by atoms with Crippen molar-refractivity contribution in [2.45, 2.75) is 70.1 Å². The number of hydrogen-bond acceptors (Lipinski definition) is 7. The van der Waals surface area contributed by atoms with E-state index in [1.165, 1.54) is 6.08 Å². The monoisotopic (exact) mass is 391 g/mol. The Balaban J connectivity index is 1.79. The average molecular weight is 391 g/mol. The Morgan fingerprint density at radius 2 is 2.19 bits per heavy atom. The third kappa shape index (κ3) is 6.12. The number of nitrogens with zero attached hydrogens (tertiary/aromatic N) is 2. The Morgan fingerprint density at radius 1 is 1.44 bits per heavy atom. The molecule has 3 N–H and O–H groups in total. The molecule has 2 aliphatic rings. The molecule has 0 saturated carbocycles. The topological polar surface area (TPSA) is 104 Å². The highest BCUT2D eigenvalue weighted by atomic mass is 19.3. The Morgan fingerprint density at radius 3 is 2.81 bits per heavy atom. The first-order valence-corrected chi connectivity index (χ1v) is 9.16. The summed E-state index contributed by atoms with van der Waals surface area (Å²) < 4.78 is 38.1. The van der Waals surface area contributed by atoms with Crippen molar-refractivity contribution in [2.24, 2.45) is 4.99 Å². The van der Waals surface area contributed by atoms with E-state index >= 15 is 0 Å². The van der Waals surface area contributed by atoms with Crippen LogP contribution < -0.4 is 5.32 Å². The van der Waals surface area contributed by atoms with E-state index in [2.05, 4.69) is 17.2 Å². The lowest BCUT2D eigenvalue weighted by molar-refractivity contribution is -0.176. The zero-order chi connectivity index (χ0) is 19.9. The van der Waals surface area contributed by atoms with Crippen LogP contribution in [-0.2, 0) is 9.47 Å². The molecule has 0 aromatic heterocycles. The van der Waals surface area contributed by atoms with Crippen LogP contribution in [0.5, 0.6) is 0 Å². The lowest BCUT2D eigenvalue weighted by Crippen LogP contribution is -2.49. The highest BCUT2D eigenvalue weighted by Gasteiger charge is 2.53.